The molecule has 1 aromatic carbocycles. The second kappa shape index (κ2) is 8.19. The summed E-state index contributed by atoms with van der Waals surface area (Å²) in [6.07, 6.45) is 0.914. The van der Waals surface area contributed by atoms with E-state index in [1.807, 2.05) is 24.3 Å². The first-order valence-electron chi connectivity index (χ1n) is 6.81. The molecule has 3 nitrogen and oxygen atoms in total. The minimum absolute atomic E-state index is 0.754. The lowest BCUT2D eigenvalue weighted by Gasteiger charge is -2.11. The summed E-state index contributed by atoms with van der Waals surface area (Å²) in [6.45, 7) is 5.06. The number of nitrogens with one attached hydrogen (secondary N) is 1. The highest BCUT2D eigenvalue weighted by molar-refractivity contribution is 14.1. The van der Waals surface area contributed by atoms with E-state index >= 15 is 0 Å². The van der Waals surface area contributed by atoms with Crippen molar-refractivity contribution in [1.82, 2.24) is 9.97 Å². The lowest BCUT2D eigenvalue weighted by Crippen LogP contribution is -2.09. The Morgan fingerprint density at radius 1 is 1.19 bits per heavy atom. The van der Waals surface area contributed by atoms with Crippen molar-refractivity contribution in [3.8, 4) is 0 Å². The third-order valence-corrected chi connectivity index (χ3v) is 5.22. The number of thioether (sulfide) groups is 1. The Morgan fingerprint density at radius 3 is 2.52 bits per heavy atom. The van der Waals surface area contributed by atoms with Crippen LogP contribution in [0.3, 0.4) is 0 Å². The maximum atomic E-state index is 5.90. The lowest BCUT2D eigenvalue weighted by molar-refractivity contribution is 0.923. The molecule has 1 heterocycles. The van der Waals surface area contributed by atoms with Crippen molar-refractivity contribution >= 4 is 51.8 Å². The molecule has 2 rings (SSSR count). The zero-order valence-electron chi connectivity index (χ0n) is 12.0. The highest BCUT2D eigenvalue weighted by atomic mass is 127. The van der Waals surface area contributed by atoms with Crippen LogP contribution in [0.2, 0.25) is 5.02 Å². The van der Waals surface area contributed by atoms with E-state index in [4.69, 9.17) is 11.6 Å². The number of hydrogen-bond donors (Lipinski definition) is 1. The third-order valence-electron chi connectivity index (χ3n) is 2.83. The molecule has 0 radical (unpaired) electrons. The molecule has 0 saturated heterocycles. The van der Waals surface area contributed by atoms with Gasteiger partial charge in [0.1, 0.15) is 11.6 Å². The molecule has 6 heteroatoms. The predicted molar refractivity (Wildman–Crippen MR) is 99.3 cm³/mol. The Kier molecular flexibility index (Phi) is 6.57. The van der Waals surface area contributed by atoms with E-state index in [-0.39, 0.29) is 0 Å². The van der Waals surface area contributed by atoms with Gasteiger partial charge in [-0.25, -0.2) is 9.97 Å². The molecule has 0 aliphatic rings. The molecule has 0 unspecified atom stereocenters. The van der Waals surface area contributed by atoms with Crippen LogP contribution in [0.15, 0.2) is 29.2 Å². The van der Waals surface area contributed by atoms with E-state index in [0.29, 0.717) is 0 Å². The molecule has 0 saturated carbocycles. The van der Waals surface area contributed by atoms with Crippen molar-refractivity contribution in [3.63, 3.8) is 0 Å². The zero-order chi connectivity index (χ0) is 15.2. The molecule has 0 aliphatic carbocycles. The molecule has 112 valence electrons. The van der Waals surface area contributed by atoms with Crippen LogP contribution < -0.4 is 5.32 Å². The number of aromatic nitrogens is 2. The Labute approximate surface area is 148 Å². The van der Waals surface area contributed by atoms with Crippen molar-refractivity contribution in [2.75, 3.05) is 11.9 Å². The van der Waals surface area contributed by atoms with Crippen LogP contribution in [0.25, 0.3) is 0 Å². The largest absolute Gasteiger partial charge is 0.369 e. The summed E-state index contributed by atoms with van der Waals surface area (Å²) in [5.74, 6) is 2.56. The molecule has 1 aromatic heterocycles. The van der Waals surface area contributed by atoms with E-state index in [0.717, 1.165) is 44.6 Å². The fraction of sp³-hybridized carbons (Fsp3) is 0.333. The molecule has 0 aliphatic heterocycles. The van der Waals surface area contributed by atoms with E-state index in [9.17, 15) is 0 Å². The first-order chi connectivity index (χ1) is 10.1. The van der Waals surface area contributed by atoms with Gasteiger partial charge in [-0.1, -0.05) is 18.5 Å². The highest BCUT2D eigenvalue weighted by Gasteiger charge is 2.10. The minimum Gasteiger partial charge on any atom is -0.369 e. The predicted octanol–water partition coefficient (Wildman–Crippen LogP) is 5.02. The Morgan fingerprint density at radius 2 is 1.90 bits per heavy atom. The number of aryl methyl sites for hydroxylation is 1. The third kappa shape index (κ3) is 4.72. The van der Waals surface area contributed by atoms with E-state index < -0.39 is 0 Å². The van der Waals surface area contributed by atoms with E-state index in [2.05, 4.69) is 51.7 Å². The average molecular weight is 434 g/mol. The fourth-order valence-electron chi connectivity index (χ4n) is 1.81. The van der Waals surface area contributed by atoms with E-state index in [1.54, 1.807) is 11.8 Å². The van der Waals surface area contributed by atoms with Gasteiger partial charge >= 0.3 is 0 Å². The first kappa shape index (κ1) is 16.8. The van der Waals surface area contributed by atoms with Gasteiger partial charge in [0.15, 0.2) is 0 Å². The maximum Gasteiger partial charge on any atom is 0.143 e. The Balaban J connectivity index is 2.15. The Bertz CT molecular complexity index is 605. The number of nitrogens with zero attached hydrogens (tertiary/aromatic N) is 2. The van der Waals surface area contributed by atoms with Crippen LogP contribution >= 0.6 is 46.0 Å². The maximum absolute atomic E-state index is 5.90. The van der Waals surface area contributed by atoms with Gasteiger partial charge in [-0.3, -0.25) is 0 Å². The summed E-state index contributed by atoms with van der Waals surface area (Å²) in [7, 11) is 0. The normalized spacial score (nSPS) is 10.7. The van der Waals surface area contributed by atoms with Crippen molar-refractivity contribution in [1.29, 1.82) is 0 Å². The summed E-state index contributed by atoms with van der Waals surface area (Å²) >= 11 is 9.93. The summed E-state index contributed by atoms with van der Waals surface area (Å²) in [4.78, 5) is 10.5. The standard InChI is InChI=1S/C15H17ClIN3S/c1-3-12-14(17)15(18-4-2)20-13(19-12)9-21-11-7-5-10(16)6-8-11/h5-8H,3-4,9H2,1-2H3,(H,18,19,20). The van der Waals surface area contributed by atoms with Gasteiger partial charge in [-0.2, -0.15) is 0 Å². The van der Waals surface area contributed by atoms with Crippen LogP contribution in [0.5, 0.6) is 0 Å². The van der Waals surface area contributed by atoms with Gasteiger partial charge in [0.05, 0.1) is 15.0 Å². The van der Waals surface area contributed by atoms with Gasteiger partial charge in [-0.15, -0.1) is 11.8 Å². The molecular weight excluding hydrogens is 417 g/mol. The molecule has 0 fully saturated rings. The SMILES string of the molecule is CCNc1nc(CSc2ccc(Cl)cc2)nc(CC)c1I. The van der Waals surface area contributed by atoms with Crippen LogP contribution in [-0.4, -0.2) is 16.5 Å². The van der Waals surface area contributed by atoms with Crippen molar-refractivity contribution < 1.29 is 0 Å². The van der Waals surface area contributed by atoms with Crippen molar-refractivity contribution in [2.45, 2.75) is 30.9 Å². The average Bonchev–Trinajstić information content (AvgIpc) is 2.49. The zero-order valence-corrected chi connectivity index (χ0v) is 15.7. The Hall–Kier alpha value is -0.530. The molecule has 21 heavy (non-hydrogen) atoms. The molecule has 0 bridgehead atoms. The monoisotopic (exact) mass is 433 g/mol. The van der Waals surface area contributed by atoms with Crippen LogP contribution in [0.1, 0.15) is 25.4 Å². The topological polar surface area (TPSA) is 37.8 Å². The van der Waals surface area contributed by atoms with Crippen LogP contribution in [0, 0.1) is 3.57 Å². The van der Waals surface area contributed by atoms with Gasteiger partial charge in [0.25, 0.3) is 0 Å². The summed E-state index contributed by atoms with van der Waals surface area (Å²) in [6, 6.07) is 7.84. The molecule has 0 spiro atoms. The van der Waals surface area contributed by atoms with E-state index in [1.165, 1.54) is 4.90 Å². The fourth-order valence-corrected chi connectivity index (χ4v) is 3.50. The van der Waals surface area contributed by atoms with Gasteiger partial charge < -0.3 is 5.32 Å². The molecular formula is C15H17ClIN3S. The van der Waals surface area contributed by atoms with Gasteiger partial charge in [0, 0.05) is 16.5 Å². The molecule has 1 N–H and O–H groups in total. The number of benzene rings is 1. The smallest absolute Gasteiger partial charge is 0.143 e. The number of rotatable bonds is 6. The second-order valence-corrected chi connectivity index (χ2v) is 6.94. The lowest BCUT2D eigenvalue weighted by atomic mass is 10.3. The molecule has 2 aromatic rings. The van der Waals surface area contributed by atoms with Crippen molar-refractivity contribution in [3.05, 3.63) is 44.4 Å². The summed E-state index contributed by atoms with van der Waals surface area (Å²) < 4.78 is 1.12. The van der Waals surface area contributed by atoms with Crippen LogP contribution in [-0.2, 0) is 12.2 Å². The molecule has 0 atom stereocenters. The van der Waals surface area contributed by atoms with Crippen molar-refractivity contribution in [2.24, 2.45) is 0 Å². The number of anilines is 1. The highest BCUT2D eigenvalue weighted by Crippen LogP contribution is 2.25. The number of halogens is 2. The second-order valence-electron chi connectivity index (χ2n) is 4.38. The quantitative estimate of drug-likeness (QED) is 0.513. The summed E-state index contributed by atoms with van der Waals surface area (Å²) in [5.41, 5.74) is 1.10. The van der Waals surface area contributed by atoms with Crippen LogP contribution in [0.4, 0.5) is 5.82 Å². The molecule has 0 amide bonds. The first-order valence-corrected chi connectivity index (χ1v) is 9.25. The minimum atomic E-state index is 0.754. The van der Waals surface area contributed by atoms with Gasteiger partial charge in [0.2, 0.25) is 0 Å². The number of hydrogen-bond acceptors (Lipinski definition) is 4. The summed E-state index contributed by atoms with van der Waals surface area (Å²) in [5, 5.41) is 4.07. The van der Waals surface area contributed by atoms with Gasteiger partial charge in [-0.05, 0) is 60.2 Å².